The molecule has 1 saturated heterocycles. The molecule has 0 unspecified atom stereocenters. The lowest BCUT2D eigenvalue weighted by Crippen LogP contribution is -2.30. The first kappa shape index (κ1) is 22.1. The number of carbonyl (C=O) groups excluding carboxylic acids is 2. The van der Waals surface area contributed by atoms with Crippen molar-refractivity contribution in [3.63, 3.8) is 0 Å². The van der Waals surface area contributed by atoms with Gasteiger partial charge < -0.3 is 9.88 Å². The quantitative estimate of drug-likeness (QED) is 0.187. The van der Waals surface area contributed by atoms with E-state index in [0.717, 1.165) is 33.3 Å². The van der Waals surface area contributed by atoms with Gasteiger partial charge >= 0.3 is 6.03 Å². The molecule has 4 aromatic rings. The molecule has 1 fully saturated rings. The number of fused-ring (bicyclic) bond motifs is 1. The molecule has 2 heterocycles. The second kappa shape index (κ2) is 8.90. The lowest BCUT2D eigenvalue weighted by atomic mass is 10.1. The maximum absolute atomic E-state index is 13.1. The number of benzene rings is 3. The van der Waals surface area contributed by atoms with Crippen molar-refractivity contribution in [1.82, 2.24) is 14.8 Å². The number of nitrogens with one attached hydrogen (secondary N) is 1. The summed E-state index contributed by atoms with van der Waals surface area (Å²) in [6.07, 6.45) is 1.73. The number of carbonyl (C=O) groups is 2. The number of rotatable bonds is 6. The Hall–Kier alpha value is -4.72. The van der Waals surface area contributed by atoms with E-state index in [1.807, 2.05) is 61.5 Å². The number of imide groups is 1. The first-order valence-electron chi connectivity index (χ1n) is 11.1. The topological polar surface area (TPSA) is 97.5 Å². The summed E-state index contributed by atoms with van der Waals surface area (Å²) in [5.41, 5.74) is 4.78. The summed E-state index contributed by atoms with van der Waals surface area (Å²) in [5.74, 6) is -0.370. The highest BCUT2D eigenvalue weighted by atomic mass is 16.6. The molecule has 8 heteroatoms. The average molecular weight is 466 g/mol. The third kappa shape index (κ3) is 4.17. The van der Waals surface area contributed by atoms with Crippen LogP contribution in [0.2, 0.25) is 0 Å². The molecule has 0 bridgehead atoms. The predicted molar refractivity (Wildman–Crippen MR) is 132 cm³/mol. The van der Waals surface area contributed by atoms with Gasteiger partial charge in [-0.3, -0.25) is 19.8 Å². The van der Waals surface area contributed by atoms with Gasteiger partial charge in [0, 0.05) is 40.8 Å². The fourth-order valence-corrected chi connectivity index (χ4v) is 4.37. The molecule has 174 valence electrons. The van der Waals surface area contributed by atoms with Crippen molar-refractivity contribution in [3.05, 3.63) is 117 Å². The van der Waals surface area contributed by atoms with E-state index in [4.69, 9.17) is 0 Å². The third-order valence-corrected chi connectivity index (χ3v) is 6.20. The molecule has 3 amide bonds. The van der Waals surface area contributed by atoms with Crippen molar-refractivity contribution in [3.8, 4) is 0 Å². The number of aromatic nitrogens is 1. The van der Waals surface area contributed by atoms with Crippen molar-refractivity contribution in [2.75, 3.05) is 0 Å². The molecule has 0 radical (unpaired) electrons. The lowest BCUT2D eigenvalue weighted by molar-refractivity contribution is -0.384. The molecule has 5 rings (SSSR count). The molecule has 8 nitrogen and oxygen atoms in total. The number of nitro benzene ring substituents is 1. The van der Waals surface area contributed by atoms with Gasteiger partial charge in [0.2, 0.25) is 0 Å². The summed E-state index contributed by atoms with van der Waals surface area (Å²) in [4.78, 5) is 37.4. The first-order chi connectivity index (χ1) is 16.9. The smallest absolute Gasteiger partial charge is 0.329 e. The Morgan fingerprint density at radius 1 is 0.886 bits per heavy atom. The summed E-state index contributed by atoms with van der Waals surface area (Å²) < 4.78 is 2.10. The minimum Gasteiger partial charge on any atom is -0.340 e. The van der Waals surface area contributed by atoms with Gasteiger partial charge in [-0.05, 0) is 30.2 Å². The molecule has 0 saturated carbocycles. The number of hydrogen-bond acceptors (Lipinski definition) is 4. The van der Waals surface area contributed by atoms with E-state index in [2.05, 4.69) is 9.88 Å². The van der Waals surface area contributed by atoms with E-state index in [9.17, 15) is 19.7 Å². The highest BCUT2D eigenvalue weighted by Gasteiger charge is 2.34. The fourth-order valence-electron chi connectivity index (χ4n) is 4.37. The minimum absolute atomic E-state index is 0.0452. The van der Waals surface area contributed by atoms with Gasteiger partial charge in [0.1, 0.15) is 5.70 Å². The van der Waals surface area contributed by atoms with Crippen molar-refractivity contribution in [2.45, 2.75) is 20.0 Å². The molecule has 1 aromatic heterocycles. The van der Waals surface area contributed by atoms with Crippen LogP contribution < -0.4 is 5.32 Å². The maximum Gasteiger partial charge on any atom is 0.329 e. The monoisotopic (exact) mass is 466 g/mol. The van der Waals surface area contributed by atoms with Crippen LogP contribution in [0.5, 0.6) is 0 Å². The Bertz CT molecular complexity index is 1490. The molecule has 35 heavy (non-hydrogen) atoms. The normalized spacial score (nSPS) is 14.7. The summed E-state index contributed by atoms with van der Waals surface area (Å²) in [7, 11) is 0. The largest absolute Gasteiger partial charge is 0.340 e. The second-order valence-corrected chi connectivity index (χ2v) is 8.39. The molecule has 1 aliphatic heterocycles. The zero-order valence-electron chi connectivity index (χ0n) is 19.0. The maximum atomic E-state index is 13.1. The predicted octanol–water partition coefficient (Wildman–Crippen LogP) is 5.00. The zero-order chi connectivity index (χ0) is 24.5. The molecule has 0 spiro atoms. The summed E-state index contributed by atoms with van der Waals surface area (Å²) in [5, 5.41) is 14.6. The van der Waals surface area contributed by atoms with E-state index in [0.29, 0.717) is 6.54 Å². The standard InChI is InChI=1S/C27H22N4O4/c1-18-23(15-24-26(32)30(27(33)28-24)17-19-7-3-2-4-8-19)22-9-5-6-10-25(22)29(18)16-20-11-13-21(14-12-20)31(34)35/h2-15H,16-17H2,1H3,(H,28,33)/b24-15+. The number of amides is 3. The molecular weight excluding hydrogens is 444 g/mol. The van der Waals surface area contributed by atoms with Crippen LogP contribution in [0, 0.1) is 17.0 Å². The van der Waals surface area contributed by atoms with Crippen molar-refractivity contribution < 1.29 is 14.5 Å². The number of hydrogen-bond donors (Lipinski definition) is 1. The molecule has 3 aromatic carbocycles. The summed E-state index contributed by atoms with van der Waals surface area (Å²) >= 11 is 0. The Kier molecular flexibility index (Phi) is 5.62. The highest BCUT2D eigenvalue weighted by Crippen LogP contribution is 2.30. The van der Waals surface area contributed by atoms with Crippen LogP contribution in [-0.2, 0) is 17.9 Å². The molecule has 1 aliphatic rings. The van der Waals surface area contributed by atoms with Gasteiger partial charge in [-0.2, -0.15) is 0 Å². The van der Waals surface area contributed by atoms with Crippen LogP contribution in [0.1, 0.15) is 22.4 Å². The minimum atomic E-state index is -0.447. The molecule has 1 N–H and O–H groups in total. The first-order valence-corrected chi connectivity index (χ1v) is 11.1. The zero-order valence-corrected chi connectivity index (χ0v) is 19.0. The van der Waals surface area contributed by atoms with Crippen LogP contribution in [0.3, 0.4) is 0 Å². The van der Waals surface area contributed by atoms with E-state index >= 15 is 0 Å². The molecule has 0 atom stereocenters. The van der Waals surface area contributed by atoms with Gasteiger partial charge in [-0.15, -0.1) is 0 Å². The van der Waals surface area contributed by atoms with E-state index < -0.39 is 11.0 Å². The van der Waals surface area contributed by atoms with Crippen molar-refractivity contribution >= 4 is 34.6 Å². The third-order valence-electron chi connectivity index (χ3n) is 6.20. The van der Waals surface area contributed by atoms with Crippen molar-refractivity contribution in [2.24, 2.45) is 0 Å². The number of urea groups is 1. The number of nitro groups is 1. The van der Waals surface area contributed by atoms with Crippen LogP contribution in [0.15, 0.2) is 84.6 Å². The van der Waals surface area contributed by atoms with Crippen LogP contribution >= 0.6 is 0 Å². The number of para-hydroxylation sites is 1. The Labute approximate surface area is 201 Å². The SMILES string of the molecule is Cc1c(/C=C2/NC(=O)N(Cc3ccccc3)C2=O)c2ccccc2n1Cc1ccc([N+](=O)[O-])cc1. The van der Waals surface area contributed by atoms with E-state index in [-0.39, 0.29) is 23.8 Å². The van der Waals surface area contributed by atoms with Crippen molar-refractivity contribution in [1.29, 1.82) is 0 Å². The Morgan fingerprint density at radius 2 is 1.54 bits per heavy atom. The van der Waals surface area contributed by atoms with E-state index in [1.54, 1.807) is 18.2 Å². The fraction of sp³-hybridized carbons (Fsp3) is 0.111. The van der Waals surface area contributed by atoms with Crippen LogP contribution in [0.4, 0.5) is 10.5 Å². The second-order valence-electron chi connectivity index (χ2n) is 8.39. The van der Waals surface area contributed by atoms with Crippen LogP contribution in [-0.4, -0.2) is 26.3 Å². The van der Waals surface area contributed by atoms with Gasteiger partial charge in [-0.1, -0.05) is 60.7 Å². The number of nitrogens with zero attached hydrogens (tertiary/aromatic N) is 3. The van der Waals surface area contributed by atoms with Gasteiger partial charge in [0.15, 0.2) is 0 Å². The van der Waals surface area contributed by atoms with Gasteiger partial charge in [0.05, 0.1) is 11.5 Å². The van der Waals surface area contributed by atoms with Gasteiger partial charge in [-0.25, -0.2) is 4.79 Å². The Morgan fingerprint density at radius 3 is 2.26 bits per heavy atom. The Balaban J connectivity index is 1.49. The average Bonchev–Trinajstić information content (AvgIpc) is 3.28. The lowest BCUT2D eigenvalue weighted by Gasteiger charge is -2.11. The van der Waals surface area contributed by atoms with Crippen LogP contribution in [0.25, 0.3) is 17.0 Å². The highest BCUT2D eigenvalue weighted by molar-refractivity contribution is 6.14. The molecular formula is C27H22N4O4. The van der Waals surface area contributed by atoms with E-state index in [1.165, 1.54) is 17.0 Å². The number of non-ortho nitro benzene ring substituents is 1. The van der Waals surface area contributed by atoms with Gasteiger partial charge in [0.25, 0.3) is 11.6 Å². The summed E-state index contributed by atoms with van der Waals surface area (Å²) in [6, 6.07) is 23.2. The summed E-state index contributed by atoms with van der Waals surface area (Å²) in [6.45, 7) is 2.67. The molecule has 0 aliphatic carbocycles.